The molecule has 0 aliphatic carbocycles. The Morgan fingerprint density at radius 3 is 2.75 bits per heavy atom. The molecule has 2 N–H and O–H groups in total. The van der Waals surface area contributed by atoms with Crippen molar-refractivity contribution in [1.29, 1.82) is 0 Å². The molecule has 0 aromatic heterocycles. The van der Waals surface area contributed by atoms with Crippen molar-refractivity contribution in [2.24, 2.45) is 5.41 Å². The Morgan fingerprint density at radius 1 is 1.35 bits per heavy atom. The van der Waals surface area contributed by atoms with Crippen molar-refractivity contribution in [1.82, 2.24) is 10.6 Å². The first-order chi connectivity index (χ1) is 9.59. The maximum Gasteiger partial charge on any atom is 0.230 e. The summed E-state index contributed by atoms with van der Waals surface area (Å²) in [5.74, 6) is 0.636. The van der Waals surface area contributed by atoms with Gasteiger partial charge >= 0.3 is 0 Å². The minimum Gasteiger partial charge on any atom is -0.355 e. The van der Waals surface area contributed by atoms with Crippen molar-refractivity contribution in [3.63, 3.8) is 0 Å². The molecule has 1 fully saturated rings. The second-order valence-corrected chi connectivity index (χ2v) is 6.91. The molecule has 20 heavy (non-hydrogen) atoms. The quantitative estimate of drug-likeness (QED) is 0.820. The Bertz CT molecular complexity index is 456. The summed E-state index contributed by atoms with van der Waals surface area (Å²) in [4.78, 5) is 13.2. The van der Waals surface area contributed by atoms with E-state index in [4.69, 9.17) is 0 Å². The van der Waals surface area contributed by atoms with Crippen LogP contribution in [0.15, 0.2) is 29.2 Å². The summed E-state index contributed by atoms with van der Waals surface area (Å²) in [5.41, 5.74) is 1.49. The van der Waals surface area contributed by atoms with Gasteiger partial charge < -0.3 is 10.6 Å². The minimum atomic E-state index is 0.137. The lowest BCUT2D eigenvalue weighted by molar-refractivity contribution is -0.119. The number of aryl methyl sites for hydroxylation is 1. The van der Waals surface area contributed by atoms with Gasteiger partial charge in [0.15, 0.2) is 0 Å². The van der Waals surface area contributed by atoms with Crippen LogP contribution < -0.4 is 10.6 Å². The fourth-order valence-electron chi connectivity index (χ4n) is 2.43. The number of hydrogen-bond donors (Lipinski definition) is 2. The molecule has 1 aliphatic rings. The predicted molar refractivity (Wildman–Crippen MR) is 85.1 cm³/mol. The highest BCUT2D eigenvalue weighted by atomic mass is 32.2. The van der Waals surface area contributed by atoms with Gasteiger partial charge in [-0.2, -0.15) is 0 Å². The number of piperidine rings is 1. The number of amides is 1. The SMILES string of the molecule is Cc1ccccc1SCC(=O)NCC1(C)CCNCC1. The third kappa shape index (κ3) is 4.53. The number of carbonyl (C=O) groups excluding carboxylic acids is 1. The molecule has 1 saturated heterocycles. The molecular formula is C16H24N2OS. The van der Waals surface area contributed by atoms with E-state index < -0.39 is 0 Å². The molecule has 0 spiro atoms. The average molecular weight is 292 g/mol. The second kappa shape index (κ2) is 7.14. The Labute approximate surface area is 125 Å². The zero-order valence-electron chi connectivity index (χ0n) is 12.4. The third-order valence-electron chi connectivity index (χ3n) is 3.98. The van der Waals surface area contributed by atoms with Gasteiger partial charge in [-0.3, -0.25) is 4.79 Å². The van der Waals surface area contributed by atoms with Gasteiger partial charge in [-0.1, -0.05) is 25.1 Å². The van der Waals surface area contributed by atoms with E-state index in [1.165, 1.54) is 10.5 Å². The molecule has 0 saturated carbocycles. The Morgan fingerprint density at radius 2 is 2.05 bits per heavy atom. The lowest BCUT2D eigenvalue weighted by Gasteiger charge is -2.34. The topological polar surface area (TPSA) is 41.1 Å². The van der Waals surface area contributed by atoms with Crippen molar-refractivity contribution >= 4 is 17.7 Å². The van der Waals surface area contributed by atoms with Crippen LogP contribution in [0, 0.1) is 12.3 Å². The molecule has 0 bridgehead atoms. The van der Waals surface area contributed by atoms with E-state index in [0.29, 0.717) is 5.75 Å². The summed E-state index contributed by atoms with van der Waals surface area (Å²) in [6.45, 7) is 7.26. The molecule has 1 heterocycles. The van der Waals surface area contributed by atoms with Crippen LogP contribution >= 0.6 is 11.8 Å². The van der Waals surface area contributed by atoms with Crippen molar-refractivity contribution in [3.05, 3.63) is 29.8 Å². The van der Waals surface area contributed by atoms with Crippen LogP contribution in [-0.2, 0) is 4.79 Å². The number of rotatable bonds is 5. The molecule has 110 valence electrons. The number of nitrogens with one attached hydrogen (secondary N) is 2. The molecule has 0 radical (unpaired) electrons. The zero-order chi connectivity index (χ0) is 14.4. The van der Waals surface area contributed by atoms with Crippen LogP contribution in [0.25, 0.3) is 0 Å². The van der Waals surface area contributed by atoms with Gasteiger partial charge in [0.25, 0.3) is 0 Å². The molecule has 4 heteroatoms. The Hall–Kier alpha value is -1.00. The van der Waals surface area contributed by atoms with E-state index in [2.05, 4.69) is 36.6 Å². The van der Waals surface area contributed by atoms with E-state index >= 15 is 0 Å². The largest absolute Gasteiger partial charge is 0.355 e. The fraction of sp³-hybridized carbons (Fsp3) is 0.562. The maximum atomic E-state index is 12.0. The standard InChI is InChI=1S/C16H24N2OS/c1-13-5-3-4-6-14(13)20-11-15(19)18-12-16(2)7-9-17-10-8-16/h3-6,17H,7-12H2,1-2H3,(H,18,19). The van der Waals surface area contributed by atoms with Crippen molar-refractivity contribution in [3.8, 4) is 0 Å². The average Bonchev–Trinajstić information content (AvgIpc) is 2.45. The highest BCUT2D eigenvalue weighted by Crippen LogP contribution is 2.27. The van der Waals surface area contributed by atoms with Crippen LogP contribution in [0.3, 0.4) is 0 Å². The van der Waals surface area contributed by atoms with Gasteiger partial charge in [0.1, 0.15) is 0 Å². The van der Waals surface area contributed by atoms with Crippen molar-refractivity contribution < 1.29 is 4.79 Å². The second-order valence-electron chi connectivity index (χ2n) is 5.89. The van der Waals surface area contributed by atoms with E-state index in [1.807, 2.05) is 12.1 Å². The Kier molecular flexibility index (Phi) is 5.49. The first kappa shape index (κ1) is 15.4. The monoisotopic (exact) mass is 292 g/mol. The third-order valence-corrected chi connectivity index (χ3v) is 5.15. The van der Waals surface area contributed by atoms with Gasteiger partial charge in [0.2, 0.25) is 5.91 Å². The van der Waals surface area contributed by atoms with Crippen molar-refractivity contribution in [2.75, 3.05) is 25.4 Å². The highest BCUT2D eigenvalue weighted by Gasteiger charge is 2.26. The van der Waals surface area contributed by atoms with Gasteiger partial charge in [-0.05, 0) is 49.9 Å². The molecule has 2 rings (SSSR count). The number of benzene rings is 1. The first-order valence-electron chi connectivity index (χ1n) is 7.25. The Balaban J connectivity index is 1.74. The van der Waals surface area contributed by atoms with E-state index in [0.717, 1.165) is 32.5 Å². The molecule has 3 nitrogen and oxygen atoms in total. The molecule has 1 aromatic rings. The van der Waals surface area contributed by atoms with Crippen LogP contribution in [0.5, 0.6) is 0 Å². The van der Waals surface area contributed by atoms with Crippen LogP contribution in [0.2, 0.25) is 0 Å². The molecule has 1 amide bonds. The highest BCUT2D eigenvalue weighted by molar-refractivity contribution is 8.00. The van der Waals surface area contributed by atoms with E-state index in [9.17, 15) is 4.79 Å². The molecule has 0 atom stereocenters. The number of hydrogen-bond acceptors (Lipinski definition) is 3. The van der Waals surface area contributed by atoms with E-state index in [1.54, 1.807) is 11.8 Å². The summed E-state index contributed by atoms with van der Waals surface area (Å²) in [6.07, 6.45) is 2.27. The maximum absolute atomic E-state index is 12.0. The number of thioether (sulfide) groups is 1. The molecule has 1 aliphatic heterocycles. The summed E-state index contributed by atoms with van der Waals surface area (Å²) in [7, 11) is 0. The van der Waals surface area contributed by atoms with Gasteiger partial charge in [-0.15, -0.1) is 11.8 Å². The summed E-state index contributed by atoms with van der Waals surface area (Å²) in [6, 6.07) is 8.19. The lowest BCUT2D eigenvalue weighted by atomic mass is 9.81. The minimum absolute atomic E-state index is 0.137. The van der Waals surface area contributed by atoms with Crippen LogP contribution in [0.4, 0.5) is 0 Å². The predicted octanol–water partition coefficient (Wildman–Crippen LogP) is 2.59. The smallest absolute Gasteiger partial charge is 0.230 e. The fourth-order valence-corrected chi connectivity index (χ4v) is 3.29. The van der Waals surface area contributed by atoms with Gasteiger partial charge in [0, 0.05) is 11.4 Å². The molecule has 1 aromatic carbocycles. The summed E-state index contributed by atoms with van der Waals surface area (Å²) in [5, 5.41) is 6.46. The van der Waals surface area contributed by atoms with Gasteiger partial charge in [-0.25, -0.2) is 0 Å². The molecular weight excluding hydrogens is 268 g/mol. The van der Waals surface area contributed by atoms with Crippen LogP contribution in [0.1, 0.15) is 25.3 Å². The summed E-state index contributed by atoms with van der Waals surface area (Å²) >= 11 is 1.62. The first-order valence-corrected chi connectivity index (χ1v) is 8.23. The molecule has 0 unspecified atom stereocenters. The van der Waals surface area contributed by atoms with Gasteiger partial charge in [0.05, 0.1) is 5.75 Å². The number of carbonyl (C=O) groups is 1. The van der Waals surface area contributed by atoms with Crippen molar-refractivity contribution in [2.45, 2.75) is 31.6 Å². The zero-order valence-corrected chi connectivity index (χ0v) is 13.2. The summed E-state index contributed by atoms with van der Waals surface area (Å²) < 4.78 is 0. The van der Waals surface area contributed by atoms with E-state index in [-0.39, 0.29) is 11.3 Å². The normalized spacial score (nSPS) is 17.7. The van der Waals surface area contributed by atoms with Crippen LogP contribution in [-0.4, -0.2) is 31.3 Å². The lowest BCUT2D eigenvalue weighted by Crippen LogP contribution is -2.43.